The summed E-state index contributed by atoms with van der Waals surface area (Å²) >= 11 is 0. The van der Waals surface area contributed by atoms with E-state index in [0.29, 0.717) is 12.2 Å². The van der Waals surface area contributed by atoms with Gasteiger partial charge in [-0.2, -0.15) is 0 Å². The summed E-state index contributed by atoms with van der Waals surface area (Å²) < 4.78 is 4.98. The Morgan fingerprint density at radius 1 is 1.11 bits per heavy atom. The van der Waals surface area contributed by atoms with Gasteiger partial charge in [-0.1, -0.05) is 30.3 Å². The molecule has 0 saturated carbocycles. The SMILES string of the molecule is CCOC(=O)/C(C)=C(/CC(C)=O)c1ccccc1. The summed E-state index contributed by atoms with van der Waals surface area (Å²) in [6.45, 7) is 5.31. The summed E-state index contributed by atoms with van der Waals surface area (Å²) in [7, 11) is 0. The molecule has 18 heavy (non-hydrogen) atoms. The Bertz CT molecular complexity index is 458. The predicted octanol–water partition coefficient (Wildman–Crippen LogP) is 3.00. The van der Waals surface area contributed by atoms with Crippen LogP contribution in [0.1, 0.15) is 32.8 Å². The Labute approximate surface area is 107 Å². The molecule has 1 aromatic carbocycles. The van der Waals surface area contributed by atoms with Crippen LogP contribution in [0.3, 0.4) is 0 Å². The summed E-state index contributed by atoms with van der Waals surface area (Å²) in [6, 6.07) is 9.44. The second-order valence-electron chi connectivity index (χ2n) is 4.07. The van der Waals surface area contributed by atoms with E-state index in [0.717, 1.165) is 11.1 Å². The smallest absolute Gasteiger partial charge is 0.334 e. The van der Waals surface area contributed by atoms with E-state index in [1.807, 2.05) is 30.3 Å². The lowest BCUT2D eigenvalue weighted by Gasteiger charge is -2.10. The molecule has 0 fully saturated rings. The van der Waals surface area contributed by atoms with E-state index in [9.17, 15) is 9.59 Å². The number of hydrogen-bond donors (Lipinski definition) is 0. The molecular formula is C15H18O3. The number of esters is 1. The maximum absolute atomic E-state index is 11.7. The van der Waals surface area contributed by atoms with Gasteiger partial charge in [0.1, 0.15) is 5.78 Å². The molecule has 0 atom stereocenters. The molecule has 0 aliphatic carbocycles. The Hall–Kier alpha value is -1.90. The van der Waals surface area contributed by atoms with Gasteiger partial charge in [0.05, 0.1) is 6.61 Å². The van der Waals surface area contributed by atoms with Crippen molar-refractivity contribution < 1.29 is 14.3 Å². The molecule has 0 heterocycles. The van der Waals surface area contributed by atoms with Gasteiger partial charge in [0.15, 0.2) is 0 Å². The molecule has 1 aromatic rings. The topological polar surface area (TPSA) is 43.4 Å². The Balaban J connectivity index is 3.16. The van der Waals surface area contributed by atoms with Crippen LogP contribution >= 0.6 is 0 Å². The minimum absolute atomic E-state index is 0.0255. The number of Topliss-reactive ketones (excluding diaryl/α,β-unsaturated/α-hetero) is 1. The normalized spacial score (nSPS) is 11.7. The van der Waals surface area contributed by atoms with Gasteiger partial charge in [-0.05, 0) is 31.9 Å². The summed E-state index contributed by atoms with van der Waals surface area (Å²) in [5.41, 5.74) is 2.12. The fourth-order valence-electron chi connectivity index (χ4n) is 1.70. The van der Waals surface area contributed by atoms with Crippen molar-refractivity contribution in [2.45, 2.75) is 27.2 Å². The zero-order valence-corrected chi connectivity index (χ0v) is 11.0. The largest absolute Gasteiger partial charge is 0.463 e. The number of hydrogen-bond acceptors (Lipinski definition) is 3. The lowest BCUT2D eigenvalue weighted by molar-refractivity contribution is -0.138. The first-order valence-electron chi connectivity index (χ1n) is 5.98. The fourth-order valence-corrected chi connectivity index (χ4v) is 1.70. The van der Waals surface area contributed by atoms with Gasteiger partial charge in [-0.25, -0.2) is 4.79 Å². The molecule has 96 valence electrons. The fraction of sp³-hybridized carbons (Fsp3) is 0.333. The van der Waals surface area contributed by atoms with E-state index in [1.54, 1.807) is 13.8 Å². The van der Waals surface area contributed by atoms with Crippen LogP contribution in [0.4, 0.5) is 0 Å². The van der Waals surface area contributed by atoms with E-state index >= 15 is 0 Å². The monoisotopic (exact) mass is 246 g/mol. The quantitative estimate of drug-likeness (QED) is 0.592. The highest BCUT2D eigenvalue weighted by Gasteiger charge is 2.14. The van der Waals surface area contributed by atoms with Crippen molar-refractivity contribution in [2.75, 3.05) is 6.61 Å². The standard InChI is InChI=1S/C15H18O3/c1-4-18-15(17)12(3)14(10-11(2)16)13-8-6-5-7-9-13/h5-9H,4,10H2,1-3H3/b14-12-. The van der Waals surface area contributed by atoms with Crippen molar-refractivity contribution in [3.8, 4) is 0 Å². The highest BCUT2D eigenvalue weighted by Crippen LogP contribution is 2.23. The zero-order valence-electron chi connectivity index (χ0n) is 11.0. The zero-order chi connectivity index (χ0) is 13.5. The van der Waals surface area contributed by atoms with Crippen molar-refractivity contribution in [1.82, 2.24) is 0 Å². The number of allylic oxidation sites excluding steroid dienone is 1. The first-order valence-corrected chi connectivity index (χ1v) is 5.98. The molecule has 0 radical (unpaired) electrons. The van der Waals surface area contributed by atoms with Crippen LogP contribution < -0.4 is 0 Å². The molecule has 1 rings (SSSR count). The number of rotatable bonds is 5. The molecule has 0 aliphatic rings. The van der Waals surface area contributed by atoms with E-state index in [2.05, 4.69) is 0 Å². The molecule has 0 saturated heterocycles. The number of ether oxygens (including phenoxy) is 1. The third kappa shape index (κ3) is 3.84. The van der Waals surface area contributed by atoms with Gasteiger partial charge in [0.25, 0.3) is 0 Å². The lowest BCUT2D eigenvalue weighted by Crippen LogP contribution is -2.09. The van der Waals surface area contributed by atoms with Crippen molar-refractivity contribution in [3.05, 3.63) is 41.5 Å². The van der Waals surface area contributed by atoms with Gasteiger partial charge in [-0.3, -0.25) is 4.79 Å². The van der Waals surface area contributed by atoms with Crippen LogP contribution in [-0.4, -0.2) is 18.4 Å². The Morgan fingerprint density at radius 3 is 2.22 bits per heavy atom. The Kier molecular flexibility index (Phi) is 5.31. The van der Waals surface area contributed by atoms with Gasteiger partial charge in [0.2, 0.25) is 0 Å². The molecule has 0 bridgehead atoms. The maximum Gasteiger partial charge on any atom is 0.334 e. The lowest BCUT2D eigenvalue weighted by atomic mass is 9.96. The summed E-state index contributed by atoms with van der Waals surface area (Å²) in [6.07, 6.45) is 0.245. The van der Waals surface area contributed by atoms with E-state index in [-0.39, 0.29) is 18.2 Å². The van der Waals surface area contributed by atoms with Crippen LogP contribution in [0.15, 0.2) is 35.9 Å². The Morgan fingerprint density at radius 2 is 1.72 bits per heavy atom. The molecule has 0 amide bonds. The first-order chi connectivity index (χ1) is 8.56. The van der Waals surface area contributed by atoms with Gasteiger partial charge < -0.3 is 4.74 Å². The van der Waals surface area contributed by atoms with Crippen molar-refractivity contribution >= 4 is 17.3 Å². The number of carbonyl (C=O) groups is 2. The van der Waals surface area contributed by atoms with Crippen molar-refractivity contribution in [3.63, 3.8) is 0 Å². The molecule has 3 heteroatoms. The summed E-state index contributed by atoms with van der Waals surface area (Å²) in [5, 5.41) is 0. The van der Waals surface area contributed by atoms with E-state index in [1.165, 1.54) is 6.92 Å². The minimum atomic E-state index is -0.363. The van der Waals surface area contributed by atoms with Crippen LogP contribution in [0.25, 0.3) is 5.57 Å². The third-order valence-corrected chi connectivity index (χ3v) is 2.58. The second-order valence-corrected chi connectivity index (χ2v) is 4.07. The average molecular weight is 246 g/mol. The van der Waals surface area contributed by atoms with Crippen LogP contribution in [0.2, 0.25) is 0 Å². The average Bonchev–Trinajstić information content (AvgIpc) is 2.36. The predicted molar refractivity (Wildman–Crippen MR) is 71.0 cm³/mol. The van der Waals surface area contributed by atoms with Crippen molar-refractivity contribution in [2.24, 2.45) is 0 Å². The number of benzene rings is 1. The number of carbonyl (C=O) groups excluding carboxylic acids is 2. The van der Waals surface area contributed by atoms with Gasteiger partial charge in [0, 0.05) is 12.0 Å². The molecule has 0 N–H and O–H groups in total. The molecule has 0 aliphatic heterocycles. The highest BCUT2D eigenvalue weighted by molar-refractivity contribution is 6.01. The van der Waals surface area contributed by atoms with Gasteiger partial charge >= 0.3 is 5.97 Å². The first kappa shape index (κ1) is 14.2. The molecule has 3 nitrogen and oxygen atoms in total. The molecule has 0 spiro atoms. The highest BCUT2D eigenvalue weighted by atomic mass is 16.5. The molecule has 0 unspecified atom stereocenters. The van der Waals surface area contributed by atoms with E-state index < -0.39 is 0 Å². The van der Waals surface area contributed by atoms with Crippen LogP contribution in [-0.2, 0) is 14.3 Å². The van der Waals surface area contributed by atoms with E-state index in [4.69, 9.17) is 4.74 Å². The molecular weight excluding hydrogens is 228 g/mol. The third-order valence-electron chi connectivity index (χ3n) is 2.58. The number of ketones is 1. The maximum atomic E-state index is 11.7. The van der Waals surface area contributed by atoms with Gasteiger partial charge in [-0.15, -0.1) is 0 Å². The van der Waals surface area contributed by atoms with Crippen LogP contribution in [0, 0.1) is 0 Å². The summed E-state index contributed by atoms with van der Waals surface area (Å²) in [4.78, 5) is 23.1. The van der Waals surface area contributed by atoms with Crippen molar-refractivity contribution in [1.29, 1.82) is 0 Å². The molecule has 0 aromatic heterocycles. The van der Waals surface area contributed by atoms with Crippen LogP contribution in [0.5, 0.6) is 0 Å². The second kappa shape index (κ2) is 6.74. The summed E-state index contributed by atoms with van der Waals surface area (Å²) in [5.74, 6) is -0.338. The minimum Gasteiger partial charge on any atom is -0.463 e.